The van der Waals surface area contributed by atoms with Crippen LogP contribution in [0, 0.1) is 12.8 Å². The molecule has 3 heterocycles. The van der Waals surface area contributed by atoms with E-state index < -0.39 is 12.7 Å². The molecule has 0 spiro atoms. The molecule has 138 valence electrons. The average Bonchev–Trinajstić information content (AvgIpc) is 3.41. The maximum atomic E-state index is 13.1. The third-order valence-electron chi connectivity index (χ3n) is 5.61. The molecule has 2 N–H and O–H groups in total. The zero-order valence-electron chi connectivity index (χ0n) is 15.4. The Morgan fingerprint density at radius 2 is 2.15 bits per heavy atom. The van der Waals surface area contributed by atoms with Crippen LogP contribution in [-0.4, -0.2) is 32.3 Å². The number of fused-ring (bicyclic) bond motifs is 3. The summed E-state index contributed by atoms with van der Waals surface area (Å²) in [5.41, 5.74) is 1.81. The third kappa shape index (κ3) is 3.26. The smallest absolute Gasteiger partial charge is 0.451 e. The van der Waals surface area contributed by atoms with Gasteiger partial charge in [-0.05, 0) is 70.3 Å². The minimum atomic E-state index is -1.34. The van der Waals surface area contributed by atoms with Crippen LogP contribution in [0.3, 0.4) is 0 Å². The Morgan fingerprint density at radius 1 is 1.38 bits per heavy atom. The molecule has 1 atom stereocenters. The van der Waals surface area contributed by atoms with Crippen LogP contribution < -0.4 is 10.3 Å². The standard InChI is InChI=1S/C19H25BN2O4/c1-12-3-6-14-16-15(7-8-19(2,26-16)9-10-20(24)25)18(23)22(17(14)21-12)11-13-4-5-13/h3,6,13,24-25H,4-5,7-11H2,1-2H3. The van der Waals surface area contributed by atoms with E-state index in [-0.39, 0.29) is 11.9 Å². The predicted molar refractivity (Wildman–Crippen MR) is 100 cm³/mol. The van der Waals surface area contributed by atoms with Gasteiger partial charge in [-0.3, -0.25) is 9.36 Å². The number of aryl methyl sites for hydroxylation is 1. The average molecular weight is 356 g/mol. The quantitative estimate of drug-likeness (QED) is 0.802. The number of hydrogen-bond donors (Lipinski definition) is 2. The van der Waals surface area contributed by atoms with Crippen LogP contribution in [0.1, 0.15) is 43.9 Å². The van der Waals surface area contributed by atoms with Gasteiger partial charge in [-0.25, -0.2) is 4.98 Å². The maximum absolute atomic E-state index is 13.1. The summed E-state index contributed by atoms with van der Waals surface area (Å²) in [6.45, 7) is 4.63. The number of pyridine rings is 2. The lowest BCUT2D eigenvalue weighted by Crippen LogP contribution is -2.40. The largest absolute Gasteiger partial charge is 0.486 e. The van der Waals surface area contributed by atoms with Crippen LogP contribution in [0.4, 0.5) is 0 Å². The SMILES string of the molecule is Cc1ccc2c3c(c(=O)n(CC4CC4)c2n1)CCC(C)(CCB(O)O)O3. The summed E-state index contributed by atoms with van der Waals surface area (Å²) in [6, 6.07) is 3.94. The zero-order valence-corrected chi connectivity index (χ0v) is 15.4. The van der Waals surface area contributed by atoms with Crippen molar-refractivity contribution >= 4 is 18.2 Å². The summed E-state index contributed by atoms with van der Waals surface area (Å²) in [7, 11) is -1.34. The summed E-state index contributed by atoms with van der Waals surface area (Å²) < 4.78 is 8.14. The second-order valence-electron chi connectivity index (χ2n) is 8.06. The molecule has 1 saturated carbocycles. The Hall–Kier alpha value is -1.86. The van der Waals surface area contributed by atoms with E-state index in [1.54, 1.807) is 0 Å². The second kappa shape index (κ2) is 6.39. The summed E-state index contributed by atoms with van der Waals surface area (Å²) in [6.07, 6.45) is 4.45. The molecule has 2 aromatic heterocycles. The minimum Gasteiger partial charge on any atom is -0.486 e. The highest BCUT2D eigenvalue weighted by Gasteiger charge is 2.36. The number of rotatable bonds is 5. The molecule has 1 aliphatic carbocycles. The molecule has 0 bridgehead atoms. The van der Waals surface area contributed by atoms with Gasteiger partial charge >= 0.3 is 7.12 Å². The zero-order chi connectivity index (χ0) is 18.5. The van der Waals surface area contributed by atoms with Gasteiger partial charge in [0.25, 0.3) is 5.56 Å². The molecule has 2 aromatic rings. The fourth-order valence-corrected chi connectivity index (χ4v) is 3.81. The van der Waals surface area contributed by atoms with Gasteiger partial charge in [-0.1, -0.05) is 0 Å². The first kappa shape index (κ1) is 17.6. The Morgan fingerprint density at radius 3 is 2.85 bits per heavy atom. The molecule has 0 aromatic carbocycles. The molecule has 0 radical (unpaired) electrons. The van der Waals surface area contributed by atoms with Crippen molar-refractivity contribution < 1.29 is 14.8 Å². The topological polar surface area (TPSA) is 84.6 Å². The molecule has 0 amide bonds. The van der Waals surface area contributed by atoms with Gasteiger partial charge in [0, 0.05) is 12.2 Å². The first-order valence-electron chi connectivity index (χ1n) is 9.44. The molecular formula is C19H25BN2O4. The third-order valence-corrected chi connectivity index (χ3v) is 5.61. The second-order valence-corrected chi connectivity index (χ2v) is 8.06. The molecule has 4 rings (SSSR count). The predicted octanol–water partition coefficient (Wildman–Crippen LogP) is 2.06. The summed E-state index contributed by atoms with van der Waals surface area (Å²) >= 11 is 0. The molecule has 26 heavy (non-hydrogen) atoms. The van der Waals surface area contributed by atoms with Gasteiger partial charge in [0.2, 0.25) is 0 Å². The summed E-state index contributed by atoms with van der Waals surface area (Å²) in [4.78, 5) is 17.8. The van der Waals surface area contributed by atoms with Crippen molar-refractivity contribution in [2.24, 2.45) is 5.92 Å². The van der Waals surface area contributed by atoms with Crippen LogP contribution in [0.15, 0.2) is 16.9 Å². The molecule has 1 fully saturated rings. The molecule has 1 aliphatic heterocycles. The van der Waals surface area contributed by atoms with Crippen LogP contribution in [0.2, 0.25) is 6.32 Å². The molecule has 1 unspecified atom stereocenters. The Kier molecular flexibility index (Phi) is 4.31. The van der Waals surface area contributed by atoms with E-state index >= 15 is 0 Å². The lowest BCUT2D eigenvalue weighted by atomic mass is 9.77. The van der Waals surface area contributed by atoms with Crippen molar-refractivity contribution in [2.75, 3.05) is 0 Å². The molecule has 2 aliphatic rings. The molecular weight excluding hydrogens is 331 g/mol. The van der Waals surface area contributed by atoms with Gasteiger partial charge in [-0.15, -0.1) is 0 Å². The van der Waals surface area contributed by atoms with Crippen molar-refractivity contribution in [3.05, 3.63) is 33.7 Å². The number of hydrogen-bond acceptors (Lipinski definition) is 5. The maximum Gasteiger partial charge on any atom is 0.451 e. The lowest BCUT2D eigenvalue weighted by Gasteiger charge is -2.36. The van der Waals surface area contributed by atoms with Crippen LogP contribution >= 0.6 is 0 Å². The van der Waals surface area contributed by atoms with Crippen LogP contribution in [-0.2, 0) is 13.0 Å². The number of aromatic nitrogens is 2. The normalized spacial score (nSPS) is 22.2. The fourth-order valence-electron chi connectivity index (χ4n) is 3.81. The van der Waals surface area contributed by atoms with Gasteiger partial charge in [0.05, 0.1) is 10.9 Å². The first-order chi connectivity index (χ1) is 12.4. The highest BCUT2D eigenvalue weighted by atomic mass is 16.5. The monoisotopic (exact) mass is 356 g/mol. The first-order valence-corrected chi connectivity index (χ1v) is 9.44. The van der Waals surface area contributed by atoms with Crippen LogP contribution in [0.5, 0.6) is 5.75 Å². The Balaban J connectivity index is 1.81. The summed E-state index contributed by atoms with van der Waals surface area (Å²) in [5, 5.41) is 19.3. The summed E-state index contributed by atoms with van der Waals surface area (Å²) in [5.74, 6) is 1.21. The fraction of sp³-hybridized carbons (Fsp3) is 0.579. The van der Waals surface area contributed by atoms with E-state index in [1.807, 2.05) is 30.5 Å². The van der Waals surface area contributed by atoms with Crippen molar-refractivity contribution in [3.63, 3.8) is 0 Å². The van der Waals surface area contributed by atoms with Crippen molar-refractivity contribution in [1.29, 1.82) is 0 Å². The highest BCUT2D eigenvalue weighted by Crippen LogP contribution is 2.39. The van der Waals surface area contributed by atoms with Gasteiger partial charge in [0.15, 0.2) is 0 Å². The van der Waals surface area contributed by atoms with E-state index in [4.69, 9.17) is 4.74 Å². The minimum absolute atomic E-state index is 0.0155. The van der Waals surface area contributed by atoms with Crippen molar-refractivity contribution in [3.8, 4) is 5.75 Å². The van der Waals surface area contributed by atoms with Crippen molar-refractivity contribution in [2.45, 2.75) is 64.4 Å². The number of nitrogens with zero attached hydrogens (tertiary/aromatic N) is 2. The van der Waals surface area contributed by atoms with E-state index in [0.29, 0.717) is 36.6 Å². The Labute approximate surface area is 153 Å². The Bertz CT molecular complexity index is 907. The van der Waals surface area contributed by atoms with E-state index in [9.17, 15) is 14.8 Å². The van der Waals surface area contributed by atoms with E-state index in [1.165, 1.54) is 12.8 Å². The molecule has 0 saturated heterocycles. The van der Waals surface area contributed by atoms with E-state index in [2.05, 4.69) is 4.98 Å². The van der Waals surface area contributed by atoms with Gasteiger partial charge < -0.3 is 14.8 Å². The van der Waals surface area contributed by atoms with Crippen LogP contribution in [0.25, 0.3) is 11.0 Å². The molecule has 6 nitrogen and oxygen atoms in total. The lowest BCUT2D eigenvalue weighted by molar-refractivity contribution is 0.0607. The number of ether oxygens (including phenoxy) is 1. The highest BCUT2D eigenvalue weighted by molar-refractivity contribution is 6.40. The van der Waals surface area contributed by atoms with Crippen molar-refractivity contribution in [1.82, 2.24) is 9.55 Å². The van der Waals surface area contributed by atoms with E-state index in [0.717, 1.165) is 23.2 Å². The van der Waals surface area contributed by atoms with Gasteiger partial charge in [0.1, 0.15) is 17.0 Å². The van der Waals surface area contributed by atoms with Gasteiger partial charge in [-0.2, -0.15) is 0 Å². The molecule has 7 heteroatoms.